The second-order valence-corrected chi connectivity index (χ2v) is 5.13. The molecule has 0 bridgehead atoms. The molecule has 0 aliphatic rings. The summed E-state index contributed by atoms with van der Waals surface area (Å²) in [6, 6.07) is 16.3. The highest BCUT2D eigenvalue weighted by Gasteiger charge is 2.14. The maximum atomic E-state index is 13.7. The summed E-state index contributed by atoms with van der Waals surface area (Å²) in [5, 5.41) is 3.92. The molecule has 3 rings (SSSR count). The number of rotatable bonds is 5. The van der Waals surface area contributed by atoms with Gasteiger partial charge in [0.15, 0.2) is 0 Å². The van der Waals surface area contributed by atoms with Crippen LogP contribution in [0.3, 0.4) is 0 Å². The Morgan fingerprint density at radius 2 is 1.67 bits per heavy atom. The van der Waals surface area contributed by atoms with E-state index in [2.05, 4.69) is 5.32 Å². The second-order valence-electron chi connectivity index (χ2n) is 5.13. The van der Waals surface area contributed by atoms with Gasteiger partial charge in [-0.15, -0.1) is 0 Å². The van der Waals surface area contributed by atoms with Crippen LogP contribution < -0.4 is 10.1 Å². The molecule has 0 spiro atoms. The molecule has 0 heterocycles. The van der Waals surface area contributed by atoms with Crippen LogP contribution in [0.15, 0.2) is 60.7 Å². The number of benzene rings is 3. The van der Waals surface area contributed by atoms with Crippen molar-refractivity contribution in [1.82, 2.24) is 0 Å². The lowest BCUT2D eigenvalue weighted by atomic mass is 10.0. The molecule has 0 aliphatic heterocycles. The molecule has 0 saturated carbocycles. The first-order valence-corrected chi connectivity index (χ1v) is 7.47. The van der Waals surface area contributed by atoms with E-state index in [0.717, 1.165) is 0 Å². The smallest absolute Gasteiger partial charge is 0.256 e. The molecule has 5 heteroatoms. The first-order valence-electron chi connectivity index (χ1n) is 7.47. The summed E-state index contributed by atoms with van der Waals surface area (Å²) in [6.45, 7) is -0.644. The summed E-state index contributed by atoms with van der Waals surface area (Å²) < 4.78 is 31.4. The molecule has 0 unspecified atom stereocenters. The van der Waals surface area contributed by atoms with Gasteiger partial charge in [0.05, 0.1) is 5.69 Å². The molecule has 0 atom stereocenters. The van der Waals surface area contributed by atoms with Crippen molar-refractivity contribution in [2.45, 2.75) is 0 Å². The molecule has 122 valence electrons. The first kappa shape index (κ1) is 15.9. The van der Waals surface area contributed by atoms with E-state index in [4.69, 9.17) is 4.74 Å². The first-order chi connectivity index (χ1) is 11.7. The number of nitrogens with one attached hydrogen (secondary N) is 1. The zero-order valence-electron chi connectivity index (χ0n) is 12.8. The SMILES string of the molecule is O=C(Nc1ccccc1F)c1ccc(OCCF)c2ccccc12. The van der Waals surface area contributed by atoms with Gasteiger partial charge >= 0.3 is 0 Å². The topological polar surface area (TPSA) is 38.3 Å². The van der Waals surface area contributed by atoms with Gasteiger partial charge in [0.2, 0.25) is 0 Å². The van der Waals surface area contributed by atoms with Crippen LogP contribution >= 0.6 is 0 Å². The molecule has 0 aliphatic carbocycles. The van der Waals surface area contributed by atoms with Crippen molar-refractivity contribution in [3.05, 3.63) is 72.0 Å². The van der Waals surface area contributed by atoms with E-state index in [1.165, 1.54) is 12.1 Å². The van der Waals surface area contributed by atoms with Gasteiger partial charge in [0.25, 0.3) is 5.91 Å². The Morgan fingerprint density at radius 3 is 2.42 bits per heavy atom. The highest BCUT2D eigenvalue weighted by atomic mass is 19.1. The van der Waals surface area contributed by atoms with Crippen molar-refractivity contribution in [2.75, 3.05) is 18.6 Å². The van der Waals surface area contributed by atoms with Gasteiger partial charge in [-0.3, -0.25) is 4.79 Å². The van der Waals surface area contributed by atoms with Gasteiger partial charge in [0.1, 0.15) is 24.8 Å². The van der Waals surface area contributed by atoms with Crippen molar-refractivity contribution < 1.29 is 18.3 Å². The second kappa shape index (κ2) is 7.08. The summed E-state index contributed by atoms with van der Waals surface area (Å²) in [5.41, 5.74) is 0.505. The third-order valence-corrected chi connectivity index (χ3v) is 3.59. The van der Waals surface area contributed by atoms with Crippen molar-refractivity contribution in [1.29, 1.82) is 0 Å². The van der Waals surface area contributed by atoms with Crippen molar-refractivity contribution >= 4 is 22.4 Å². The largest absolute Gasteiger partial charge is 0.490 e. The van der Waals surface area contributed by atoms with E-state index in [-0.39, 0.29) is 12.3 Å². The van der Waals surface area contributed by atoms with Crippen LogP contribution in [0.2, 0.25) is 0 Å². The number of halogens is 2. The Bertz CT molecular complexity index is 880. The summed E-state index contributed by atoms with van der Waals surface area (Å²) >= 11 is 0. The average molecular weight is 327 g/mol. The number of fused-ring (bicyclic) bond motifs is 1. The highest BCUT2D eigenvalue weighted by Crippen LogP contribution is 2.29. The molecule has 0 fully saturated rings. The van der Waals surface area contributed by atoms with Gasteiger partial charge in [-0.1, -0.05) is 36.4 Å². The number of alkyl halides is 1. The molecule has 0 radical (unpaired) electrons. The highest BCUT2D eigenvalue weighted by molar-refractivity contribution is 6.13. The van der Waals surface area contributed by atoms with Crippen molar-refractivity contribution in [3.8, 4) is 5.75 Å². The van der Waals surface area contributed by atoms with Gasteiger partial charge in [-0.25, -0.2) is 8.78 Å². The van der Waals surface area contributed by atoms with Crippen LogP contribution in [0.5, 0.6) is 5.75 Å². The zero-order valence-corrected chi connectivity index (χ0v) is 12.8. The number of carbonyl (C=O) groups excluding carboxylic acids is 1. The molecular formula is C19H15F2NO2. The molecule has 0 aromatic heterocycles. The lowest BCUT2D eigenvalue weighted by Crippen LogP contribution is -2.13. The fourth-order valence-electron chi connectivity index (χ4n) is 2.50. The molecule has 3 aromatic carbocycles. The Hall–Kier alpha value is -2.95. The van der Waals surface area contributed by atoms with Crippen LogP contribution in [0.25, 0.3) is 10.8 Å². The predicted octanol–water partition coefficient (Wildman–Crippen LogP) is 4.58. The van der Waals surface area contributed by atoms with E-state index in [1.807, 2.05) is 6.07 Å². The minimum atomic E-state index is -0.593. The Balaban J connectivity index is 1.98. The third-order valence-electron chi connectivity index (χ3n) is 3.59. The monoisotopic (exact) mass is 327 g/mol. The lowest BCUT2D eigenvalue weighted by Gasteiger charge is -2.12. The van der Waals surface area contributed by atoms with Gasteiger partial charge in [-0.05, 0) is 29.7 Å². The standard InChI is InChI=1S/C19H15F2NO2/c20-11-12-24-18-10-9-15(13-5-1-2-6-14(13)18)19(23)22-17-8-4-3-7-16(17)21/h1-10H,11-12H2,(H,22,23). The minimum absolute atomic E-state index is 0.0508. The maximum Gasteiger partial charge on any atom is 0.256 e. The van der Waals surface area contributed by atoms with Crippen molar-refractivity contribution in [3.63, 3.8) is 0 Å². The van der Waals surface area contributed by atoms with E-state index >= 15 is 0 Å². The van der Waals surface area contributed by atoms with Gasteiger partial charge in [0, 0.05) is 10.9 Å². The normalized spacial score (nSPS) is 10.6. The molecule has 3 nitrogen and oxygen atoms in total. The minimum Gasteiger partial charge on any atom is -0.490 e. The van der Waals surface area contributed by atoms with E-state index < -0.39 is 18.4 Å². The Labute approximate surface area is 137 Å². The quantitative estimate of drug-likeness (QED) is 0.745. The maximum absolute atomic E-state index is 13.7. The molecule has 0 saturated heterocycles. The van der Waals surface area contributed by atoms with Crippen LogP contribution in [0, 0.1) is 5.82 Å². The lowest BCUT2D eigenvalue weighted by molar-refractivity contribution is 0.102. The Morgan fingerprint density at radius 1 is 0.958 bits per heavy atom. The fraction of sp³-hybridized carbons (Fsp3) is 0.105. The summed E-state index contributed by atoms with van der Waals surface area (Å²) in [6.07, 6.45) is 0. The number of hydrogen-bond acceptors (Lipinski definition) is 2. The Kier molecular flexibility index (Phi) is 4.70. The summed E-state index contributed by atoms with van der Waals surface area (Å²) in [4.78, 5) is 12.5. The molecular weight excluding hydrogens is 312 g/mol. The van der Waals surface area contributed by atoms with E-state index in [1.54, 1.807) is 42.5 Å². The fourth-order valence-corrected chi connectivity index (χ4v) is 2.50. The number of para-hydroxylation sites is 1. The van der Waals surface area contributed by atoms with Crippen LogP contribution in [0.1, 0.15) is 10.4 Å². The van der Waals surface area contributed by atoms with E-state index in [0.29, 0.717) is 22.1 Å². The number of amides is 1. The van der Waals surface area contributed by atoms with Crippen LogP contribution in [0.4, 0.5) is 14.5 Å². The third kappa shape index (κ3) is 3.20. The van der Waals surface area contributed by atoms with Gasteiger partial charge < -0.3 is 10.1 Å². The van der Waals surface area contributed by atoms with Crippen molar-refractivity contribution in [2.24, 2.45) is 0 Å². The number of hydrogen-bond donors (Lipinski definition) is 1. The average Bonchev–Trinajstić information content (AvgIpc) is 2.61. The van der Waals surface area contributed by atoms with Gasteiger partial charge in [-0.2, -0.15) is 0 Å². The number of carbonyl (C=O) groups is 1. The van der Waals surface area contributed by atoms with E-state index in [9.17, 15) is 13.6 Å². The molecule has 1 N–H and O–H groups in total. The predicted molar refractivity (Wildman–Crippen MR) is 89.8 cm³/mol. The zero-order chi connectivity index (χ0) is 16.9. The summed E-state index contributed by atoms with van der Waals surface area (Å²) in [7, 11) is 0. The molecule has 3 aromatic rings. The summed E-state index contributed by atoms with van der Waals surface area (Å²) in [5.74, 6) is -0.419. The van der Waals surface area contributed by atoms with Crippen LogP contribution in [-0.2, 0) is 0 Å². The molecule has 1 amide bonds. The van der Waals surface area contributed by atoms with Crippen LogP contribution in [-0.4, -0.2) is 19.2 Å². The molecule has 24 heavy (non-hydrogen) atoms. The number of anilines is 1. The number of ether oxygens (including phenoxy) is 1.